The lowest BCUT2D eigenvalue weighted by atomic mass is 9.89. The van der Waals surface area contributed by atoms with Crippen molar-refractivity contribution in [2.24, 2.45) is 5.73 Å². The van der Waals surface area contributed by atoms with Crippen LogP contribution in [0.15, 0.2) is 66.7 Å². The van der Waals surface area contributed by atoms with Gasteiger partial charge in [0.2, 0.25) is 0 Å². The normalized spacial score (nSPS) is 15.9. The Morgan fingerprint density at radius 1 is 0.942 bits per heavy atom. The van der Waals surface area contributed by atoms with E-state index in [0.717, 1.165) is 12.1 Å². The maximum atomic E-state index is 13.8. The van der Waals surface area contributed by atoms with Crippen LogP contribution in [-0.4, -0.2) is 84.9 Å². The molecular weight excluding hydrogens is 708 g/mol. The van der Waals surface area contributed by atoms with Gasteiger partial charge in [-0.1, -0.05) is 30.3 Å². The lowest BCUT2D eigenvalue weighted by molar-refractivity contribution is -0.274. The molecule has 1 fully saturated rings. The van der Waals surface area contributed by atoms with Crippen molar-refractivity contribution in [1.29, 1.82) is 0 Å². The number of carbonyl (C=O) groups excluding carboxylic acids is 2. The highest BCUT2D eigenvalue weighted by Gasteiger charge is 2.31. The van der Waals surface area contributed by atoms with Crippen molar-refractivity contribution in [3.63, 3.8) is 0 Å². The van der Waals surface area contributed by atoms with Crippen LogP contribution >= 0.6 is 0 Å². The van der Waals surface area contributed by atoms with Gasteiger partial charge in [0.05, 0.1) is 25.3 Å². The van der Waals surface area contributed by atoms with E-state index >= 15 is 0 Å². The van der Waals surface area contributed by atoms with E-state index in [4.69, 9.17) is 9.47 Å². The standard InChI is InChI=1S/C16H12F4O2.C15H21FN2O3.C3H6F3N.CH5N/c17-13-5-1-11(2-6-13)15(9-10-21)12-3-7-14(8-4-12)22-16(18,19)20;1-17-15-4-2-3-14(16)13(15)6-5-12-7-18-11(9-21-12)8-20-10-19;1-7-2-3(4,5)6;1-2/h1-8,10,15H,9H2;2-4,10-12,17-18H,5-9H2,1H3;7H,2H2,1H3;2H2,1H3/t15-;11-,12-;;/m11../s1. The Hall–Kier alpha value is -4.32. The summed E-state index contributed by atoms with van der Waals surface area (Å²) in [7, 11) is 4.54. The van der Waals surface area contributed by atoms with Gasteiger partial charge in [0.15, 0.2) is 0 Å². The number of morpholine rings is 1. The number of rotatable bonds is 13. The topological polar surface area (TPSA) is 124 Å². The smallest absolute Gasteiger partial charge is 0.466 e. The quantitative estimate of drug-likeness (QED) is 0.121. The Balaban J connectivity index is 0.000000424. The van der Waals surface area contributed by atoms with Crippen molar-refractivity contribution in [3.8, 4) is 5.75 Å². The van der Waals surface area contributed by atoms with Crippen molar-refractivity contribution >= 4 is 18.4 Å². The van der Waals surface area contributed by atoms with Crippen molar-refractivity contribution in [2.45, 2.75) is 49.9 Å². The molecule has 1 aliphatic rings. The largest absolute Gasteiger partial charge is 0.573 e. The van der Waals surface area contributed by atoms with E-state index in [1.165, 1.54) is 56.6 Å². The SMILES string of the molecule is CN.CNCC(F)(F)F.CNc1cccc(F)c1CC[C@@H]1CN[C@H](COC=O)CO1.O=CC[C@H](c1ccc(F)cc1)c1ccc(OC(F)(F)F)cc1. The van der Waals surface area contributed by atoms with E-state index in [-0.39, 0.29) is 36.1 Å². The third kappa shape index (κ3) is 18.3. The first-order valence-electron chi connectivity index (χ1n) is 15.9. The molecule has 3 aromatic rings. The predicted molar refractivity (Wildman–Crippen MR) is 180 cm³/mol. The van der Waals surface area contributed by atoms with Crippen LogP contribution in [0.5, 0.6) is 5.75 Å². The summed E-state index contributed by atoms with van der Waals surface area (Å²) in [6.07, 6.45) is -6.55. The molecule has 290 valence electrons. The molecule has 9 nitrogen and oxygen atoms in total. The molecule has 5 N–H and O–H groups in total. The molecule has 3 aromatic carbocycles. The van der Waals surface area contributed by atoms with Gasteiger partial charge < -0.3 is 40.7 Å². The van der Waals surface area contributed by atoms with Crippen LogP contribution in [0.2, 0.25) is 0 Å². The average Bonchev–Trinajstić information content (AvgIpc) is 3.11. The number of nitrogens with one attached hydrogen (secondary N) is 3. The van der Waals surface area contributed by atoms with E-state index in [9.17, 15) is 44.7 Å². The van der Waals surface area contributed by atoms with E-state index in [0.29, 0.717) is 55.6 Å². The molecule has 52 heavy (non-hydrogen) atoms. The molecular formula is C35H44F8N4O5. The van der Waals surface area contributed by atoms with Crippen LogP contribution < -0.4 is 26.4 Å². The fourth-order valence-electron chi connectivity index (χ4n) is 4.83. The van der Waals surface area contributed by atoms with Gasteiger partial charge >= 0.3 is 12.5 Å². The highest BCUT2D eigenvalue weighted by atomic mass is 19.4. The minimum atomic E-state index is -4.75. The van der Waals surface area contributed by atoms with E-state index in [1.54, 1.807) is 25.2 Å². The fourth-order valence-corrected chi connectivity index (χ4v) is 4.83. The zero-order valence-electron chi connectivity index (χ0n) is 28.8. The molecule has 0 aliphatic carbocycles. The van der Waals surface area contributed by atoms with Gasteiger partial charge in [-0.25, -0.2) is 8.78 Å². The summed E-state index contributed by atoms with van der Waals surface area (Å²) in [5.41, 5.74) is 7.36. The van der Waals surface area contributed by atoms with Gasteiger partial charge in [0.1, 0.15) is 30.3 Å². The summed E-state index contributed by atoms with van der Waals surface area (Å²) >= 11 is 0. The van der Waals surface area contributed by atoms with Crippen LogP contribution in [0.3, 0.4) is 0 Å². The van der Waals surface area contributed by atoms with Crippen molar-refractivity contribution in [1.82, 2.24) is 10.6 Å². The molecule has 17 heteroatoms. The summed E-state index contributed by atoms with van der Waals surface area (Å²) in [6.45, 7) is 1.01. The van der Waals surface area contributed by atoms with E-state index < -0.39 is 24.9 Å². The van der Waals surface area contributed by atoms with Gasteiger partial charge in [-0.2, -0.15) is 13.2 Å². The number of halogens is 8. The van der Waals surface area contributed by atoms with Crippen LogP contribution in [0.25, 0.3) is 0 Å². The van der Waals surface area contributed by atoms with Crippen LogP contribution in [0.4, 0.5) is 40.8 Å². The highest BCUT2D eigenvalue weighted by Crippen LogP contribution is 2.30. The summed E-state index contributed by atoms with van der Waals surface area (Å²) in [4.78, 5) is 21.0. The predicted octanol–water partition coefficient (Wildman–Crippen LogP) is 6.12. The van der Waals surface area contributed by atoms with Gasteiger partial charge in [-0.05, 0) is 74.5 Å². The molecule has 0 aromatic heterocycles. The number of hydrogen-bond acceptors (Lipinski definition) is 9. The maximum Gasteiger partial charge on any atom is 0.573 e. The molecule has 0 amide bonds. The number of nitrogens with two attached hydrogens (primary N) is 1. The second-order valence-corrected chi connectivity index (χ2v) is 10.8. The molecule has 1 saturated heterocycles. The monoisotopic (exact) mass is 752 g/mol. The fraction of sp³-hybridized carbons (Fsp3) is 0.429. The molecule has 3 atom stereocenters. The first-order chi connectivity index (χ1) is 24.7. The van der Waals surface area contributed by atoms with Crippen LogP contribution in [-0.2, 0) is 25.5 Å². The minimum Gasteiger partial charge on any atom is -0.466 e. The molecule has 0 bridgehead atoms. The molecule has 0 unspecified atom stereocenters. The zero-order chi connectivity index (χ0) is 39.2. The third-order valence-electron chi connectivity index (χ3n) is 7.13. The number of carbonyl (C=O) groups is 2. The molecule has 0 spiro atoms. The minimum absolute atomic E-state index is 0.0350. The third-order valence-corrected chi connectivity index (χ3v) is 7.13. The van der Waals surface area contributed by atoms with Gasteiger partial charge in [0.25, 0.3) is 6.47 Å². The molecule has 1 heterocycles. The Morgan fingerprint density at radius 2 is 1.56 bits per heavy atom. The molecule has 4 rings (SSSR count). The van der Waals surface area contributed by atoms with Gasteiger partial charge in [-0.15, -0.1) is 13.2 Å². The first kappa shape index (κ1) is 45.7. The second kappa shape index (κ2) is 24.0. The summed E-state index contributed by atoms with van der Waals surface area (Å²) < 4.78 is 110. The summed E-state index contributed by atoms with van der Waals surface area (Å²) in [6, 6.07) is 16.0. The van der Waals surface area contributed by atoms with Gasteiger partial charge in [-0.3, -0.25) is 4.79 Å². The van der Waals surface area contributed by atoms with Crippen LogP contribution in [0, 0.1) is 11.6 Å². The molecule has 0 radical (unpaired) electrons. The van der Waals surface area contributed by atoms with E-state index in [2.05, 4.69) is 21.1 Å². The Bertz CT molecular complexity index is 1420. The zero-order valence-corrected chi connectivity index (χ0v) is 28.8. The number of ether oxygens (including phenoxy) is 3. The molecule has 1 aliphatic heterocycles. The van der Waals surface area contributed by atoms with Crippen LogP contribution in [0.1, 0.15) is 35.4 Å². The van der Waals surface area contributed by atoms with E-state index in [1.807, 2.05) is 11.4 Å². The Morgan fingerprint density at radius 3 is 2.02 bits per heavy atom. The number of benzene rings is 3. The number of aldehydes is 1. The Labute approximate surface area is 297 Å². The highest BCUT2D eigenvalue weighted by molar-refractivity contribution is 5.54. The number of anilines is 1. The number of alkyl halides is 6. The molecule has 0 saturated carbocycles. The lowest BCUT2D eigenvalue weighted by Gasteiger charge is -2.30. The average molecular weight is 753 g/mol. The van der Waals surface area contributed by atoms with Crippen molar-refractivity contribution in [2.75, 3.05) is 52.8 Å². The first-order valence-corrected chi connectivity index (χ1v) is 15.9. The summed E-state index contributed by atoms with van der Waals surface area (Å²) in [5.74, 6) is -1.27. The maximum absolute atomic E-state index is 13.8. The lowest BCUT2D eigenvalue weighted by Crippen LogP contribution is -2.48. The van der Waals surface area contributed by atoms with Gasteiger partial charge in [0, 0.05) is 37.2 Å². The van der Waals surface area contributed by atoms with Crippen molar-refractivity contribution in [3.05, 3.63) is 95.1 Å². The second-order valence-electron chi connectivity index (χ2n) is 10.8. The summed E-state index contributed by atoms with van der Waals surface area (Å²) in [5, 5.41) is 8.26. The number of hydrogen-bond donors (Lipinski definition) is 4. The Kier molecular flexibility index (Phi) is 21.1. The van der Waals surface area contributed by atoms with Crippen molar-refractivity contribution < 1.29 is 58.9 Å².